The van der Waals surface area contributed by atoms with Crippen molar-refractivity contribution < 1.29 is 4.79 Å². The fourth-order valence-electron chi connectivity index (χ4n) is 7.67. The van der Waals surface area contributed by atoms with E-state index in [1.807, 2.05) is 18.5 Å². The van der Waals surface area contributed by atoms with Crippen molar-refractivity contribution in [2.24, 2.45) is 5.92 Å². The summed E-state index contributed by atoms with van der Waals surface area (Å²) in [6.45, 7) is 13.2. The molecule has 3 aliphatic rings. The molecular weight excluding hydrogens is 560 g/mol. The van der Waals surface area contributed by atoms with Crippen LogP contribution in [-0.4, -0.2) is 66.8 Å². The number of nitrogens with one attached hydrogen (secondary N) is 3. The zero-order chi connectivity index (χ0) is 31.3. The summed E-state index contributed by atoms with van der Waals surface area (Å²) in [6, 6.07) is 11.3. The van der Waals surface area contributed by atoms with Crippen molar-refractivity contribution in [3.05, 3.63) is 70.7 Å². The van der Waals surface area contributed by atoms with Gasteiger partial charge in [-0.3, -0.25) is 9.78 Å². The third-order valence-corrected chi connectivity index (χ3v) is 10.1. The number of rotatable bonds is 9. The fraction of sp³-hybridized carbons (Fsp3) is 0.472. The number of pyridine rings is 2. The summed E-state index contributed by atoms with van der Waals surface area (Å²) in [5.74, 6) is 1.07. The predicted molar refractivity (Wildman–Crippen MR) is 178 cm³/mol. The first-order valence-electron chi connectivity index (χ1n) is 16.5. The molecule has 1 unspecified atom stereocenters. The molecule has 9 nitrogen and oxygen atoms in total. The Morgan fingerprint density at radius 3 is 2.53 bits per heavy atom. The Balaban J connectivity index is 1.18. The maximum atomic E-state index is 14.1. The normalized spacial score (nSPS) is 19.1. The highest BCUT2D eigenvalue weighted by Gasteiger charge is 2.43. The molecule has 0 spiro atoms. The zero-order valence-corrected chi connectivity index (χ0v) is 27.1. The van der Waals surface area contributed by atoms with Gasteiger partial charge in [0.2, 0.25) is 11.6 Å². The monoisotopic (exact) mass is 604 g/mol. The summed E-state index contributed by atoms with van der Waals surface area (Å²) >= 11 is 0. The molecule has 6 heterocycles. The van der Waals surface area contributed by atoms with E-state index in [0.29, 0.717) is 17.6 Å². The fourth-order valence-corrected chi connectivity index (χ4v) is 7.67. The molecule has 1 amide bonds. The number of fused-ring (bicyclic) bond motifs is 5. The maximum Gasteiger partial charge on any atom is 0.234 e. The van der Waals surface area contributed by atoms with Crippen LogP contribution >= 0.6 is 0 Å². The molecule has 5 aromatic rings. The smallest absolute Gasteiger partial charge is 0.234 e. The number of hydrogen-bond acceptors (Lipinski definition) is 6. The number of carbonyl (C=O) groups excluding carboxylic acids is 1. The molecule has 2 saturated heterocycles. The van der Waals surface area contributed by atoms with Crippen LogP contribution in [0.3, 0.4) is 0 Å². The second kappa shape index (κ2) is 11.7. The van der Waals surface area contributed by atoms with Gasteiger partial charge >= 0.3 is 0 Å². The summed E-state index contributed by atoms with van der Waals surface area (Å²) in [4.78, 5) is 29.3. The van der Waals surface area contributed by atoms with Crippen molar-refractivity contribution in [2.75, 3.05) is 19.6 Å². The van der Waals surface area contributed by atoms with Gasteiger partial charge in [0.25, 0.3) is 0 Å². The van der Waals surface area contributed by atoms with Crippen molar-refractivity contribution >= 4 is 28.0 Å². The van der Waals surface area contributed by atoms with Crippen molar-refractivity contribution in [2.45, 2.75) is 84.1 Å². The average molecular weight is 605 g/mol. The molecule has 234 valence electrons. The molecule has 45 heavy (non-hydrogen) atoms. The summed E-state index contributed by atoms with van der Waals surface area (Å²) in [5, 5.41) is 15.7. The number of aromatic nitrogens is 6. The Morgan fingerprint density at radius 2 is 1.80 bits per heavy atom. The topological polar surface area (TPSA) is 115 Å². The van der Waals surface area contributed by atoms with Gasteiger partial charge in [0.15, 0.2) is 0 Å². The van der Waals surface area contributed by atoms with E-state index in [4.69, 9.17) is 4.98 Å². The minimum Gasteiger partial charge on any atom is -0.353 e. The van der Waals surface area contributed by atoms with Crippen molar-refractivity contribution in [1.82, 2.24) is 40.6 Å². The van der Waals surface area contributed by atoms with Gasteiger partial charge in [0.1, 0.15) is 5.52 Å². The summed E-state index contributed by atoms with van der Waals surface area (Å²) in [7, 11) is 0. The van der Waals surface area contributed by atoms with Gasteiger partial charge in [-0.25, -0.2) is 4.98 Å². The Bertz CT molecular complexity index is 1840. The van der Waals surface area contributed by atoms with Crippen LogP contribution in [0.15, 0.2) is 42.7 Å². The van der Waals surface area contributed by atoms with Crippen LogP contribution in [0.1, 0.15) is 80.3 Å². The number of piperidine rings is 2. The van der Waals surface area contributed by atoms with Gasteiger partial charge in [-0.1, -0.05) is 24.1 Å². The number of H-pyrrole nitrogens is 2. The number of nitrogens with zero attached hydrogens (tertiary/aromatic N) is 5. The first-order chi connectivity index (χ1) is 21.7. The third-order valence-electron chi connectivity index (χ3n) is 10.1. The molecule has 4 aromatic heterocycles. The van der Waals surface area contributed by atoms with Crippen molar-refractivity contribution in [1.29, 1.82) is 0 Å². The minimum atomic E-state index is -0.708. The van der Waals surface area contributed by atoms with E-state index in [1.165, 1.54) is 35.1 Å². The lowest BCUT2D eigenvalue weighted by Gasteiger charge is -2.47. The molecular formula is C36H44N8O. The lowest BCUT2D eigenvalue weighted by molar-refractivity contribution is -0.144. The lowest BCUT2D eigenvalue weighted by atomic mass is 9.77. The number of aryl methyl sites for hydroxylation is 2. The highest BCUT2D eigenvalue weighted by molar-refractivity contribution is 5.93. The molecule has 8 rings (SSSR count). The van der Waals surface area contributed by atoms with E-state index in [9.17, 15) is 4.79 Å². The van der Waals surface area contributed by atoms with E-state index in [1.54, 1.807) is 0 Å². The maximum absolute atomic E-state index is 14.1. The van der Waals surface area contributed by atoms with Crippen LogP contribution in [0, 0.1) is 19.8 Å². The average Bonchev–Trinajstić information content (AvgIpc) is 3.67. The summed E-state index contributed by atoms with van der Waals surface area (Å²) < 4.78 is 0. The molecule has 2 bridgehead atoms. The largest absolute Gasteiger partial charge is 0.353 e. The molecule has 2 aliphatic heterocycles. The van der Waals surface area contributed by atoms with Gasteiger partial charge in [-0.05, 0) is 119 Å². The number of benzene rings is 1. The Morgan fingerprint density at radius 1 is 1.02 bits per heavy atom. The Hall–Kier alpha value is -4.11. The number of aromatic amines is 2. The van der Waals surface area contributed by atoms with E-state index in [2.05, 4.69) is 94.5 Å². The van der Waals surface area contributed by atoms with Crippen LogP contribution in [0.4, 0.5) is 0 Å². The van der Waals surface area contributed by atoms with Crippen LogP contribution < -0.4 is 5.32 Å². The molecule has 3 fully saturated rings. The van der Waals surface area contributed by atoms with Gasteiger partial charge in [-0.2, -0.15) is 10.3 Å². The summed E-state index contributed by atoms with van der Waals surface area (Å²) in [6.07, 6.45) is 9.44. The van der Waals surface area contributed by atoms with E-state index < -0.39 is 5.41 Å². The van der Waals surface area contributed by atoms with E-state index in [0.717, 1.165) is 72.3 Å². The molecule has 3 N–H and O–H groups in total. The Kier molecular flexibility index (Phi) is 7.68. The van der Waals surface area contributed by atoms with Gasteiger partial charge in [0, 0.05) is 30.7 Å². The first-order valence-corrected chi connectivity index (χ1v) is 16.5. The summed E-state index contributed by atoms with van der Waals surface area (Å²) in [5.41, 5.74) is 9.73. The highest BCUT2D eigenvalue weighted by atomic mass is 16.2. The zero-order valence-electron chi connectivity index (χ0n) is 27.1. The number of hydrogen-bond donors (Lipinski definition) is 3. The molecule has 1 aromatic carbocycles. The third kappa shape index (κ3) is 5.63. The highest BCUT2D eigenvalue weighted by Crippen LogP contribution is 2.40. The second-order valence-corrected chi connectivity index (χ2v) is 14.0. The SMILES string of the molecule is Cc1cc(C)cc(-c2[nH]c3cnc(C(C)(C)C(=O)N4CC5CCC4CC5)cc3c2C(C)CNCCc2cnc3n[nH]nc3c2)c1. The molecule has 0 radical (unpaired) electrons. The molecule has 9 heteroatoms. The quantitative estimate of drug-likeness (QED) is 0.175. The van der Waals surface area contributed by atoms with Gasteiger partial charge in [0.05, 0.1) is 28.5 Å². The van der Waals surface area contributed by atoms with Gasteiger partial charge in [-0.15, -0.1) is 5.10 Å². The number of amides is 1. The molecule has 1 aliphatic carbocycles. The minimum absolute atomic E-state index is 0.206. The Labute approximate surface area is 264 Å². The van der Waals surface area contributed by atoms with Crippen LogP contribution in [-0.2, 0) is 16.6 Å². The van der Waals surface area contributed by atoms with Crippen LogP contribution in [0.25, 0.3) is 33.3 Å². The van der Waals surface area contributed by atoms with Gasteiger partial charge < -0.3 is 15.2 Å². The molecule has 1 saturated carbocycles. The van der Waals surface area contributed by atoms with Crippen LogP contribution in [0.5, 0.6) is 0 Å². The van der Waals surface area contributed by atoms with Crippen molar-refractivity contribution in [3.63, 3.8) is 0 Å². The molecule has 1 atom stereocenters. The van der Waals surface area contributed by atoms with E-state index in [-0.39, 0.29) is 11.8 Å². The standard InChI is InChI=1S/C36H44N8O/c1-21-12-22(2)14-26(13-21)33-32(23(3)17-37-11-10-25-15-29-34(39-18-25)42-43-41-29)28-16-31(38-19-30(28)40-33)36(4,5)35(45)44-20-24-6-8-27(44)9-7-24/h12-16,18-19,23-24,27,37,40H,6-11,17,20H2,1-5H3,(H,39,41,42,43). The lowest BCUT2D eigenvalue weighted by Crippen LogP contribution is -2.55. The first kappa shape index (κ1) is 29.6. The van der Waals surface area contributed by atoms with Crippen LogP contribution in [0.2, 0.25) is 0 Å². The predicted octanol–water partition coefficient (Wildman–Crippen LogP) is 6.13. The number of carbonyl (C=O) groups is 1. The second-order valence-electron chi connectivity index (χ2n) is 14.0. The van der Waals surface area contributed by atoms with E-state index >= 15 is 0 Å². The van der Waals surface area contributed by atoms with Crippen molar-refractivity contribution in [3.8, 4) is 11.3 Å².